The van der Waals surface area contributed by atoms with Gasteiger partial charge < -0.3 is 4.98 Å². The van der Waals surface area contributed by atoms with E-state index in [9.17, 15) is 4.79 Å². The van der Waals surface area contributed by atoms with Crippen molar-refractivity contribution in [3.63, 3.8) is 0 Å². The van der Waals surface area contributed by atoms with Crippen molar-refractivity contribution in [3.05, 3.63) is 63.2 Å². The van der Waals surface area contributed by atoms with E-state index >= 15 is 0 Å². The van der Waals surface area contributed by atoms with Crippen LogP contribution in [-0.2, 0) is 19.6 Å². The minimum Gasteiger partial charge on any atom is -0.322 e. The standard InChI is InChI=1S/C19H24N4O/c1-5-23-14(3)17(10-20-23)12-22(4)11-16-9-15-8-13(2)6-7-18(15)21-19(16)24/h6-10H,5,11-12H2,1-4H3,(H,21,24). The number of hydrogen-bond donors (Lipinski definition) is 1. The van der Waals surface area contributed by atoms with E-state index in [1.54, 1.807) is 0 Å². The van der Waals surface area contributed by atoms with Crippen LogP contribution < -0.4 is 5.56 Å². The van der Waals surface area contributed by atoms with Crippen LogP contribution in [0.1, 0.15) is 29.3 Å². The van der Waals surface area contributed by atoms with Crippen molar-refractivity contribution in [1.29, 1.82) is 0 Å². The van der Waals surface area contributed by atoms with Crippen molar-refractivity contribution in [2.45, 2.75) is 40.4 Å². The first-order valence-corrected chi connectivity index (χ1v) is 8.30. The summed E-state index contributed by atoms with van der Waals surface area (Å²) in [6, 6.07) is 8.07. The molecular formula is C19H24N4O. The topological polar surface area (TPSA) is 53.9 Å². The fourth-order valence-corrected chi connectivity index (χ4v) is 3.09. The third-order valence-electron chi connectivity index (χ3n) is 4.46. The van der Waals surface area contributed by atoms with Crippen molar-refractivity contribution >= 4 is 10.9 Å². The van der Waals surface area contributed by atoms with Crippen LogP contribution in [0.3, 0.4) is 0 Å². The van der Waals surface area contributed by atoms with Crippen LogP contribution in [0.25, 0.3) is 10.9 Å². The van der Waals surface area contributed by atoms with Crippen molar-refractivity contribution in [2.75, 3.05) is 7.05 Å². The number of pyridine rings is 1. The minimum atomic E-state index is -0.0146. The third kappa shape index (κ3) is 3.26. The molecule has 1 aromatic carbocycles. The predicted molar refractivity (Wildman–Crippen MR) is 97.1 cm³/mol. The van der Waals surface area contributed by atoms with Crippen LogP contribution >= 0.6 is 0 Å². The van der Waals surface area contributed by atoms with Gasteiger partial charge in [-0.25, -0.2) is 0 Å². The fraction of sp³-hybridized carbons (Fsp3) is 0.368. The van der Waals surface area contributed by atoms with Gasteiger partial charge in [0.1, 0.15) is 0 Å². The summed E-state index contributed by atoms with van der Waals surface area (Å²) in [6.07, 6.45) is 1.92. The molecule has 0 amide bonds. The van der Waals surface area contributed by atoms with E-state index in [0.717, 1.165) is 29.6 Å². The fourth-order valence-electron chi connectivity index (χ4n) is 3.09. The highest BCUT2D eigenvalue weighted by atomic mass is 16.1. The zero-order chi connectivity index (χ0) is 17.3. The highest BCUT2D eigenvalue weighted by Gasteiger charge is 2.11. The molecule has 0 aliphatic rings. The van der Waals surface area contributed by atoms with Crippen LogP contribution in [0.15, 0.2) is 35.3 Å². The lowest BCUT2D eigenvalue weighted by Gasteiger charge is -2.16. The molecule has 0 aliphatic heterocycles. The van der Waals surface area contributed by atoms with Crippen molar-refractivity contribution in [3.8, 4) is 0 Å². The van der Waals surface area contributed by atoms with Crippen LogP contribution in [0.2, 0.25) is 0 Å². The summed E-state index contributed by atoms with van der Waals surface area (Å²) in [5.41, 5.74) is 5.24. The van der Waals surface area contributed by atoms with E-state index in [2.05, 4.69) is 41.8 Å². The smallest absolute Gasteiger partial charge is 0.252 e. The zero-order valence-corrected chi connectivity index (χ0v) is 14.8. The van der Waals surface area contributed by atoms with E-state index in [1.807, 2.05) is 36.1 Å². The molecule has 2 heterocycles. The summed E-state index contributed by atoms with van der Waals surface area (Å²) < 4.78 is 1.99. The second kappa shape index (κ2) is 6.61. The van der Waals surface area contributed by atoms with Gasteiger partial charge in [0.15, 0.2) is 0 Å². The Hall–Kier alpha value is -2.40. The number of fused-ring (bicyclic) bond motifs is 1. The van der Waals surface area contributed by atoms with Crippen LogP contribution in [0.5, 0.6) is 0 Å². The molecule has 0 unspecified atom stereocenters. The SMILES string of the molecule is CCn1ncc(CN(C)Cc2cc3cc(C)ccc3[nH]c2=O)c1C. The average molecular weight is 324 g/mol. The van der Waals surface area contributed by atoms with Gasteiger partial charge in [-0.3, -0.25) is 14.4 Å². The lowest BCUT2D eigenvalue weighted by Crippen LogP contribution is -2.23. The van der Waals surface area contributed by atoms with Crippen LogP contribution in [0.4, 0.5) is 0 Å². The Kier molecular flexibility index (Phi) is 4.53. The Bertz CT molecular complexity index is 923. The molecule has 0 saturated carbocycles. The van der Waals surface area contributed by atoms with Crippen LogP contribution in [-0.4, -0.2) is 26.7 Å². The first kappa shape index (κ1) is 16.5. The highest BCUT2D eigenvalue weighted by molar-refractivity contribution is 5.79. The molecule has 2 aromatic heterocycles. The maximum Gasteiger partial charge on any atom is 0.252 e. The molecule has 0 saturated heterocycles. The first-order chi connectivity index (χ1) is 11.5. The summed E-state index contributed by atoms with van der Waals surface area (Å²) in [6.45, 7) is 8.49. The van der Waals surface area contributed by atoms with Gasteiger partial charge in [0, 0.05) is 42.0 Å². The van der Waals surface area contributed by atoms with Gasteiger partial charge >= 0.3 is 0 Å². The average Bonchev–Trinajstić information content (AvgIpc) is 2.88. The maximum absolute atomic E-state index is 12.3. The lowest BCUT2D eigenvalue weighted by atomic mass is 10.1. The molecule has 0 fully saturated rings. The minimum absolute atomic E-state index is 0.0146. The van der Waals surface area contributed by atoms with Gasteiger partial charge in [0.2, 0.25) is 0 Å². The number of nitrogens with one attached hydrogen (secondary N) is 1. The van der Waals surface area contributed by atoms with E-state index in [1.165, 1.54) is 16.8 Å². The van der Waals surface area contributed by atoms with E-state index < -0.39 is 0 Å². The van der Waals surface area contributed by atoms with Crippen molar-refractivity contribution < 1.29 is 0 Å². The van der Waals surface area contributed by atoms with Crippen molar-refractivity contribution in [2.24, 2.45) is 0 Å². The van der Waals surface area contributed by atoms with Gasteiger partial charge in [-0.15, -0.1) is 0 Å². The quantitative estimate of drug-likeness (QED) is 0.785. The highest BCUT2D eigenvalue weighted by Crippen LogP contribution is 2.15. The molecule has 24 heavy (non-hydrogen) atoms. The Morgan fingerprint density at radius 3 is 2.62 bits per heavy atom. The first-order valence-electron chi connectivity index (χ1n) is 8.30. The second-order valence-corrected chi connectivity index (χ2v) is 6.46. The molecule has 5 nitrogen and oxygen atoms in total. The molecule has 0 aliphatic carbocycles. The summed E-state index contributed by atoms with van der Waals surface area (Å²) in [4.78, 5) is 17.5. The number of hydrogen-bond acceptors (Lipinski definition) is 3. The molecule has 1 N–H and O–H groups in total. The number of H-pyrrole nitrogens is 1. The summed E-state index contributed by atoms with van der Waals surface area (Å²) in [5, 5.41) is 5.46. The molecule has 0 atom stereocenters. The van der Waals surface area contributed by atoms with Gasteiger partial charge in [-0.1, -0.05) is 11.6 Å². The number of nitrogens with zero attached hydrogens (tertiary/aromatic N) is 3. The lowest BCUT2D eigenvalue weighted by molar-refractivity contribution is 0.317. The summed E-state index contributed by atoms with van der Waals surface area (Å²) in [7, 11) is 2.03. The Balaban J connectivity index is 1.82. The Morgan fingerprint density at radius 1 is 1.17 bits per heavy atom. The molecule has 3 rings (SSSR count). The van der Waals surface area contributed by atoms with E-state index in [0.29, 0.717) is 6.54 Å². The van der Waals surface area contributed by atoms with Gasteiger partial charge in [-0.05, 0) is 51.4 Å². The third-order valence-corrected chi connectivity index (χ3v) is 4.46. The second-order valence-electron chi connectivity index (χ2n) is 6.46. The van der Waals surface area contributed by atoms with Gasteiger partial charge in [-0.2, -0.15) is 5.10 Å². The van der Waals surface area contributed by atoms with E-state index in [4.69, 9.17) is 0 Å². The Labute approximate surface area is 141 Å². The monoisotopic (exact) mass is 324 g/mol. The molecule has 0 spiro atoms. The zero-order valence-electron chi connectivity index (χ0n) is 14.8. The number of rotatable bonds is 5. The normalized spacial score (nSPS) is 11.5. The van der Waals surface area contributed by atoms with Gasteiger partial charge in [0.05, 0.1) is 6.20 Å². The summed E-state index contributed by atoms with van der Waals surface area (Å²) in [5.74, 6) is 0. The number of aromatic nitrogens is 3. The molecular weight excluding hydrogens is 300 g/mol. The maximum atomic E-state index is 12.3. The Morgan fingerprint density at radius 2 is 1.92 bits per heavy atom. The molecule has 0 radical (unpaired) electrons. The van der Waals surface area contributed by atoms with E-state index in [-0.39, 0.29) is 5.56 Å². The van der Waals surface area contributed by atoms with Crippen molar-refractivity contribution in [1.82, 2.24) is 19.7 Å². The van der Waals surface area contributed by atoms with Crippen LogP contribution in [0, 0.1) is 13.8 Å². The molecule has 126 valence electrons. The molecule has 0 bridgehead atoms. The summed E-state index contributed by atoms with van der Waals surface area (Å²) >= 11 is 0. The largest absolute Gasteiger partial charge is 0.322 e. The number of benzene rings is 1. The molecule has 3 aromatic rings. The number of aromatic amines is 1. The molecule has 5 heteroatoms. The van der Waals surface area contributed by atoms with Gasteiger partial charge in [0.25, 0.3) is 5.56 Å². The number of aryl methyl sites for hydroxylation is 2. The predicted octanol–water partition coefficient (Wildman–Crippen LogP) is 2.99.